The molecule has 40 heavy (non-hydrogen) atoms. The average Bonchev–Trinajstić information content (AvgIpc) is 3.21. The van der Waals surface area contributed by atoms with Crippen molar-refractivity contribution in [1.29, 1.82) is 0 Å². The quantitative estimate of drug-likeness (QED) is 0.269. The van der Waals surface area contributed by atoms with Crippen molar-refractivity contribution in [3.8, 4) is 5.69 Å². The van der Waals surface area contributed by atoms with Gasteiger partial charge in [0, 0.05) is 24.8 Å². The number of fused-ring (bicyclic) bond motifs is 1. The third kappa shape index (κ3) is 6.63. The normalized spacial score (nSPS) is 11.6. The van der Waals surface area contributed by atoms with E-state index in [2.05, 4.69) is 9.97 Å². The Hall–Kier alpha value is -3.06. The molecule has 15 heteroatoms. The van der Waals surface area contributed by atoms with E-state index in [9.17, 15) is 31.5 Å². The van der Waals surface area contributed by atoms with Crippen LogP contribution in [0.5, 0.6) is 0 Å². The molecule has 2 aromatic carbocycles. The maximum Gasteiger partial charge on any atom is 0.417 e. The molecule has 0 unspecified atom stereocenters. The van der Waals surface area contributed by atoms with Crippen LogP contribution in [0.3, 0.4) is 0 Å². The Morgan fingerprint density at radius 2 is 1.75 bits per heavy atom. The Morgan fingerprint density at radius 3 is 2.27 bits per heavy atom. The number of carbonyl (C=O) groups excluding carboxylic acids is 1. The van der Waals surface area contributed by atoms with Gasteiger partial charge in [-0.15, -0.1) is 24.8 Å². The van der Waals surface area contributed by atoms with Gasteiger partial charge in [-0.1, -0.05) is 36.7 Å². The average molecular weight is 639 g/mol. The van der Waals surface area contributed by atoms with Crippen LogP contribution < -0.4 is 5.11 Å². The summed E-state index contributed by atoms with van der Waals surface area (Å²) in [5.41, 5.74) is 1.49. The fourth-order valence-electron chi connectivity index (χ4n) is 3.96. The highest BCUT2D eigenvalue weighted by atomic mass is 35.5. The molecule has 0 saturated heterocycles. The van der Waals surface area contributed by atoms with Crippen LogP contribution >= 0.6 is 36.4 Å². The van der Waals surface area contributed by atoms with Crippen molar-refractivity contribution in [2.75, 3.05) is 6.54 Å². The van der Waals surface area contributed by atoms with Gasteiger partial charge >= 0.3 is 6.18 Å². The molecule has 0 aliphatic rings. The Kier molecular flexibility index (Phi) is 10.5. The monoisotopic (exact) mass is 637 g/mol. The van der Waals surface area contributed by atoms with E-state index in [0.717, 1.165) is 6.07 Å². The first-order chi connectivity index (χ1) is 17.8. The second kappa shape index (κ2) is 12.6. The molecule has 0 aliphatic heterocycles. The SMILES string of the molecule is CCc1nc2cc(C(F)(F)F)c(Cl)cc2n1-c1ccc(CCN(C(=O)[O-])S(=O)(=O)c2ccc(C)cn2)cc1.Cl.Cl. The van der Waals surface area contributed by atoms with Gasteiger partial charge < -0.3 is 9.90 Å². The van der Waals surface area contributed by atoms with Crippen LogP contribution in [-0.2, 0) is 29.0 Å². The van der Waals surface area contributed by atoms with Crippen LogP contribution in [0.2, 0.25) is 5.02 Å². The number of hydrogen-bond donors (Lipinski definition) is 0. The predicted molar refractivity (Wildman–Crippen MR) is 147 cm³/mol. The van der Waals surface area contributed by atoms with Gasteiger partial charge in [0.1, 0.15) is 5.82 Å². The molecule has 1 amide bonds. The topological polar surface area (TPSA) is 108 Å². The molecule has 0 aliphatic carbocycles. The minimum absolute atomic E-state index is 0. The molecular weight excluding hydrogens is 616 g/mol. The third-order valence-electron chi connectivity index (χ3n) is 5.87. The van der Waals surface area contributed by atoms with E-state index >= 15 is 0 Å². The van der Waals surface area contributed by atoms with Crippen LogP contribution in [0.15, 0.2) is 59.8 Å². The zero-order valence-electron chi connectivity index (χ0n) is 21.0. The molecule has 216 valence electrons. The van der Waals surface area contributed by atoms with Crippen molar-refractivity contribution in [3.63, 3.8) is 0 Å². The molecule has 0 bridgehead atoms. The van der Waals surface area contributed by atoms with Crippen molar-refractivity contribution < 1.29 is 31.5 Å². The number of benzene rings is 2. The summed E-state index contributed by atoms with van der Waals surface area (Å²) in [4.78, 5) is 19.8. The van der Waals surface area contributed by atoms with Gasteiger partial charge in [-0.25, -0.2) is 14.3 Å². The maximum atomic E-state index is 13.3. The number of aryl methyl sites for hydroxylation is 2. The van der Waals surface area contributed by atoms with E-state index in [-0.39, 0.29) is 41.1 Å². The van der Waals surface area contributed by atoms with Crippen LogP contribution in [0.25, 0.3) is 16.7 Å². The van der Waals surface area contributed by atoms with E-state index in [0.29, 0.717) is 34.6 Å². The predicted octanol–water partition coefficient (Wildman–Crippen LogP) is 5.38. The fourth-order valence-corrected chi connectivity index (χ4v) is 5.41. The number of amides is 1. The lowest BCUT2D eigenvalue weighted by Crippen LogP contribution is -2.46. The lowest BCUT2D eigenvalue weighted by atomic mass is 10.1. The molecule has 8 nitrogen and oxygen atoms in total. The zero-order valence-corrected chi connectivity index (χ0v) is 24.2. The summed E-state index contributed by atoms with van der Waals surface area (Å²) < 4.78 is 67.4. The van der Waals surface area contributed by atoms with Gasteiger partial charge in [-0.05, 0) is 54.8 Å². The molecule has 0 fully saturated rings. The molecule has 0 saturated carbocycles. The number of aromatic nitrogens is 3. The van der Waals surface area contributed by atoms with Gasteiger partial charge in [0.25, 0.3) is 10.0 Å². The van der Waals surface area contributed by atoms with E-state index in [4.69, 9.17) is 11.6 Å². The molecule has 0 spiro atoms. The Morgan fingerprint density at radius 1 is 1.10 bits per heavy atom. The number of rotatable bonds is 7. The number of sulfonamides is 1. The van der Waals surface area contributed by atoms with Crippen molar-refractivity contribution in [2.24, 2.45) is 0 Å². The van der Waals surface area contributed by atoms with Crippen LogP contribution in [0.4, 0.5) is 18.0 Å². The second-order valence-corrected chi connectivity index (χ2v) is 10.7. The molecule has 4 rings (SSSR count). The first-order valence-electron chi connectivity index (χ1n) is 11.4. The minimum atomic E-state index is -4.62. The molecule has 2 aromatic heterocycles. The fraction of sp³-hybridized carbons (Fsp3) is 0.240. The van der Waals surface area contributed by atoms with Gasteiger partial charge in [0.2, 0.25) is 0 Å². The summed E-state index contributed by atoms with van der Waals surface area (Å²) in [5.74, 6) is 0.517. The number of nitrogens with zero attached hydrogens (tertiary/aromatic N) is 4. The minimum Gasteiger partial charge on any atom is -0.529 e. The van der Waals surface area contributed by atoms with E-state index in [1.807, 2.05) is 6.92 Å². The van der Waals surface area contributed by atoms with Crippen molar-refractivity contribution in [3.05, 3.63) is 82.3 Å². The largest absolute Gasteiger partial charge is 0.529 e. The zero-order chi connectivity index (χ0) is 27.8. The van der Waals surface area contributed by atoms with Crippen molar-refractivity contribution >= 4 is 63.6 Å². The lowest BCUT2D eigenvalue weighted by Gasteiger charge is -2.24. The Labute approximate surface area is 245 Å². The molecular formula is C25H23Cl3F3N4O4S-. The highest BCUT2D eigenvalue weighted by Crippen LogP contribution is 2.37. The first kappa shape index (κ1) is 33.1. The first-order valence-corrected chi connectivity index (χ1v) is 13.2. The van der Waals surface area contributed by atoms with Crippen molar-refractivity contribution in [1.82, 2.24) is 18.8 Å². The highest BCUT2D eigenvalue weighted by molar-refractivity contribution is 7.89. The summed E-state index contributed by atoms with van der Waals surface area (Å²) in [6.07, 6.45) is -4.70. The summed E-state index contributed by atoms with van der Waals surface area (Å²) in [5, 5.41) is 10.8. The third-order valence-corrected chi connectivity index (χ3v) is 7.87. The molecule has 0 radical (unpaired) electrons. The summed E-state index contributed by atoms with van der Waals surface area (Å²) in [6, 6.07) is 11.6. The second-order valence-electron chi connectivity index (χ2n) is 8.47. The van der Waals surface area contributed by atoms with Gasteiger partial charge in [-0.3, -0.25) is 4.57 Å². The van der Waals surface area contributed by atoms with Crippen LogP contribution in [0.1, 0.15) is 29.4 Å². The van der Waals surface area contributed by atoms with Gasteiger partial charge in [-0.2, -0.15) is 21.6 Å². The summed E-state index contributed by atoms with van der Waals surface area (Å²) >= 11 is 5.94. The van der Waals surface area contributed by atoms with E-state index < -0.39 is 44.4 Å². The number of carbonyl (C=O) groups is 1. The maximum absolute atomic E-state index is 13.3. The summed E-state index contributed by atoms with van der Waals surface area (Å²) in [7, 11) is -4.43. The summed E-state index contributed by atoms with van der Waals surface area (Å²) in [6.45, 7) is 3.13. The standard InChI is InChI=1S/C25H22ClF3N4O4S.2ClH/c1-3-22-31-20-12-18(25(27,28)29)19(26)13-21(20)33(22)17-7-5-16(6-8-17)10-11-32(24(34)35)38(36,37)23-9-4-15(2)14-30-23;;/h4-9,12-14H,3,10-11H2,1-2H3,(H,34,35);2*1H/p-1. The molecule has 0 N–H and O–H groups in total. The molecule has 0 atom stereocenters. The lowest BCUT2D eigenvalue weighted by molar-refractivity contribution is -0.259. The number of alkyl halides is 3. The highest BCUT2D eigenvalue weighted by Gasteiger charge is 2.34. The number of pyridine rings is 1. The number of imidazole rings is 1. The number of halogens is 6. The van der Waals surface area contributed by atoms with Gasteiger partial charge in [0.15, 0.2) is 11.1 Å². The number of carboxylic acid groups (broad SMARTS) is 1. The molecule has 4 aromatic rings. The van der Waals surface area contributed by atoms with Crippen molar-refractivity contribution in [2.45, 2.75) is 37.9 Å². The number of hydrogen-bond acceptors (Lipinski definition) is 6. The Balaban J connectivity index is 0.00000280. The van der Waals surface area contributed by atoms with E-state index in [1.54, 1.807) is 35.8 Å². The van der Waals surface area contributed by atoms with E-state index in [1.165, 1.54) is 24.4 Å². The Bertz CT molecular complexity index is 1610. The van der Waals surface area contributed by atoms with Gasteiger partial charge in [0.05, 0.1) is 21.6 Å². The van der Waals surface area contributed by atoms with Crippen LogP contribution in [0, 0.1) is 6.92 Å². The smallest absolute Gasteiger partial charge is 0.417 e. The molecule has 2 heterocycles. The van der Waals surface area contributed by atoms with Crippen LogP contribution in [-0.4, -0.2) is 39.9 Å².